The number of nitrogens with zero attached hydrogens (tertiary/aromatic N) is 2. The molecule has 6 heteroatoms. The van der Waals surface area contributed by atoms with Crippen LogP contribution in [0.15, 0.2) is 47.2 Å². The first-order chi connectivity index (χ1) is 9.75. The number of benzene rings is 2. The van der Waals surface area contributed by atoms with E-state index in [0.29, 0.717) is 5.75 Å². The third-order valence-corrected chi connectivity index (χ3v) is 2.86. The van der Waals surface area contributed by atoms with Crippen LogP contribution in [0.4, 0.5) is 0 Å². The minimum atomic E-state index is -1.05. The first kappa shape index (κ1) is 12.2. The van der Waals surface area contributed by atoms with E-state index in [9.17, 15) is 9.90 Å². The molecular formula is C14H10N2O4. The summed E-state index contributed by atoms with van der Waals surface area (Å²) >= 11 is 0. The van der Waals surface area contributed by atoms with Crippen LogP contribution < -0.4 is 4.74 Å². The van der Waals surface area contributed by atoms with Crippen LogP contribution in [0.25, 0.3) is 10.8 Å². The third-order valence-electron chi connectivity index (χ3n) is 2.86. The molecule has 0 fully saturated rings. The summed E-state index contributed by atoms with van der Waals surface area (Å²) < 4.78 is 10.4. The Kier molecular flexibility index (Phi) is 3.04. The first-order valence-electron chi connectivity index (χ1n) is 5.89. The van der Waals surface area contributed by atoms with Crippen LogP contribution in [0.1, 0.15) is 16.2 Å². The number of carboxylic acid groups (broad SMARTS) is 1. The summed E-state index contributed by atoms with van der Waals surface area (Å²) in [5, 5.41) is 14.4. The van der Waals surface area contributed by atoms with Crippen molar-refractivity contribution in [3.05, 3.63) is 54.2 Å². The molecule has 2 aromatic carbocycles. The summed E-state index contributed by atoms with van der Waals surface area (Å²) in [6, 6.07) is 10.7. The van der Waals surface area contributed by atoms with E-state index in [1.165, 1.54) is 12.4 Å². The van der Waals surface area contributed by atoms with Crippen molar-refractivity contribution in [2.75, 3.05) is 0 Å². The van der Waals surface area contributed by atoms with Crippen molar-refractivity contribution in [3.63, 3.8) is 0 Å². The summed E-state index contributed by atoms with van der Waals surface area (Å²) in [6.07, 6.45) is 1.26. The molecule has 0 atom stereocenters. The fourth-order valence-corrected chi connectivity index (χ4v) is 1.96. The highest BCUT2D eigenvalue weighted by Crippen LogP contribution is 2.30. The Morgan fingerprint density at radius 1 is 1.25 bits per heavy atom. The molecule has 1 aromatic heterocycles. The topological polar surface area (TPSA) is 85.5 Å². The molecule has 0 aliphatic carbocycles. The maximum Gasteiger partial charge on any atom is 0.339 e. The van der Waals surface area contributed by atoms with Crippen molar-refractivity contribution in [3.8, 4) is 5.75 Å². The Bertz CT molecular complexity index is 753. The normalized spacial score (nSPS) is 10.6. The largest absolute Gasteiger partial charge is 0.482 e. The second kappa shape index (κ2) is 5.00. The van der Waals surface area contributed by atoms with Crippen LogP contribution in [0, 0.1) is 0 Å². The number of rotatable bonds is 4. The van der Waals surface area contributed by atoms with Crippen molar-refractivity contribution in [2.24, 2.45) is 0 Å². The number of carbonyl (C=O) groups is 1. The van der Waals surface area contributed by atoms with E-state index in [-0.39, 0.29) is 18.1 Å². The number of ether oxygens (including phenoxy) is 1. The highest BCUT2D eigenvalue weighted by atomic mass is 16.5. The van der Waals surface area contributed by atoms with E-state index in [0.717, 1.165) is 10.8 Å². The summed E-state index contributed by atoms with van der Waals surface area (Å²) in [6.45, 7) is 0.0221. The van der Waals surface area contributed by atoms with Crippen molar-refractivity contribution in [1.82, 2.24) is 10.1 Å². The van der Waals surface area contributed by atoms with Crippen molar-refractivity contribution < 1.29 is 19.2 Å². The van der Waals surface area contributed by atoms with Crippen molar-refractivity contribution in [1.29, 1.82) is 0 Å². The van der Waals surface area contributed by atoms with E-state index < -0.39 is 5.97 Å². The minimum Gasteiger partial charge on any atom is -0.482 e. The zero-order valence-corrected chi connectivity index (χ0v) is 10.3. The number of fused-ring (bicyclic) bond motifs is 1. The molecule has 0 radical (unpaired) electrons. The van der Waals surface area contributed by atoms with Crippen LogP contribution >= 0.6 is 0 Å². The van der Waals surface area contributed by atoms with Crippen LogP contribution in [-0.2, 0) is 6.61 Å². The molecule has 0 amide bonds. The van der Waals surface area contributed by atoms with Gasteiger partial charge in [-0.1, -0.05) is 35.5 Å². The monoisotopic (exact) mass is 270 g/mol. The van der Waals surface area contributed by atoms with Crippen LogP contribution in [0.3, 0.4) is 0 Å². The van der Waals surface area contributed by atoms with Crippen LogP contribution in [0.2, 0.25) is 0 Å². The molecular weight excluding hydrogens is 260 g/mol. The molecule has 6 nitrogen and oxygen atoms in total. The van der Waals surface area contributed by atoms with E-state index in [4.69, 9.17) is 9.26 Å². The third kappa shape index (κ3) is 2.18. The van der Waals surface area contributed by atoms with Gasteiger partial charge in [-0.25, -0.2) is 4.79 Å². The Morgan fingerprint density at radius 2 is 2.10 bits per heavy atom. The lowest BCUT2D eigenvalue weighted by Gasteiger charge is -2.10. The molecule has 0 saturated heterocycles. The lowest BCUT2D eigenvalue weighted by atomic mass is 10.1. The van der Waals surface area contributed by atoms with Gasteiger partial charge >= 0.3 is 5.97 Å². The van der Waals surface area contributed by atoms with Gasteiger partial charge in [0.2, 0.25) is 0 Å². The summed E-state index contributed by atoms with van der Waals surface area (Å²) in [7, 11) is 0. The molecule has 20 heavy (non-hydrogen) atoms. The average Bonchev–Trinajstić information content (AvgIpc) is 2.97. The SMILES string of the molecule is O=C(O)c1ccc2ccccc2c1OCc1ncno1. The molecule has 0 unspecified atom stereocenters. The van der Waals surface area contributed by atoms with Gasteiger partial charge in [-0.3, -0.25) is 0 Å². The maximum absolute atomic E-state index is 11.3. The molecule has 1 heterocycles. The van der Waals surface area contributed by atoms with Crippen LogP contribution in [-0.4, -0.2) is 21.2 Å². The molecule has 0 spiro atoms. The van der Waals surface area contributed by atoms with E-state index in [1.807, 2.05) is 24.3 Å². The average molecular weight is 270 g/mol. The second-order valence-electron chi connectivity index (χ2n) is 4.09. The fourth-order valence-electron chi connectivity index (χ4n) is 1.96. The predicted molar refractivity (Wildman–Crippen MR) is 69.5 cm³/mol. The quantitative estimate of drug-likeness (QED) is 0.783. The van der Waals surface area contributed by atoms with E-state index in [2.05, 4.69) is 10.1 Å². The van der Waals surface area contributed by atoms with Gasteiger partial charge in [0.25, 0.3) is 5.89 Å². The number of aromatic nitrogens is 2. The standard InChI is InChI=1S/C14H10N2O4/c17-14(18)11-6-5-9-3-1-2-4-10(9)13(11)19-7-12-15-8-16-20-12/h1-6,8H,7H2,(H,17,18). The van der Waals surface area contributed by atoms with Gasteiger partial charge < -0.3 is 14.4 Å². The molecule has 0 aliphatic heterocycles. The van der Waals surface area contributed by atoms with E-state index in [1.54, 1.807) is 6.07 Å². The molecule has 0 saturated carbocycles. The lowest BCUT2D eigenvalue weighted by molar-refractivity contribution is 0.0691. The summed E-state index contributed by atoms with van der Waals surface area (Å²) in [4.78, 5) is 15.1. The Balaban J connectivity index is 2.05. The van der Waals surface area contributed by atoms with Gasteiger partial charge in [-0.05, 0) is 11.5 Å². The summed E-state index contributed by atoms with van der Waals surface area (Å²) in [5.41, 5.74) is 0.100. The van der Waals surface area contributed by atoms with Gasteiger partial charge in [0, 0.05) is 5.39 Å². The van der Waals surface area contributed by atoms with Crippen LogP contribution in [0.5, 0.6) is 5.75 Å². The zero-order chi connectivity index (χ0) is 13.9. The van der Waals surface area contributed by atoms with Crippen molar-refractivity contribution >= 4 is 16.7 Å². The Morgan fingerprint density at radius 3 is 2.85 bits per heavy atom. The van der Waals surface area contributed by atoms with Gasteiger partial charge in [-0.15, -0.1) is 0 Å². The molecule has 0 aliphatic rings. The first-order valence-corrected chi connectivity index (χ1v) is 5.89. The lowest BCUT2D eigenvalue weighted by Crippen LogP contribution is -2.04. The number of hydrogen-bond donors (Lipinski definition) is 1. The van der Waals surface area contributed by atoms with Gasteiger partial charge in [-0.2, -0.15) is 4.98 Å². The van der Waals surface area contributed by atoms with Gasteiger partial charge in [0.15, 0.2) is 12.9 Å². The maximum atomic E-state index is 11.3. The Labute approximate surface area is 113 Å². The summed E-state index contributed by atoms with van der Waals surface area (Å²) in [5.74, 6) is -0.459. The van der Waals surface area contributed by atoms with Crippen molar-refractivity contribution in [2.45, 2.75) is 6.61 Å². The molecule has 0 bridgehead atoms. The molecule has 3 rings (SSSR count). The number of hydrogen-bond acceptors (Lipinski definition) is 5. The molecule has 3 aromatic rings. The van der Waals surface area contributed by atoms with Gasteiger partial charge in [0.05, 0.1) is 0 Å². The smallest absolute Gasteiger partial charge is 0.339 e. The Hall–Kier alpha value is -2.89. The predicted octanol–water partition coefficient (Wildman–Crippen LogP) is 2.50. The zero-order valence-electron chi connectivity index (χ0n) is 10.3. The van der Waals surface area contributed by atoms with Gasteiger partial charge in [0.1, 0.15) is 11.3 Å². The molecule has 1 N–H and O–H groups in total. The highest BCUT2D eigenvalue weighted by molar-refractivity contribution is 6.00. The van der Waals surface area contributed by atoms with E-state index >= 15 is 0 Å². The minimum absolute atomic E-state index is 0.0221. The number of carboxylic acids is 1. The highest BCUT2D eigenvalue weighted by Gasteiger charge is 2.15. The number of aromatic carboxylic acids is 1. The molecule has 100 valence electrons. The second-order valence-corrected chi connectivity index (χ2v) is 4.09. The fraction of sp³-hybridized carbons (Fsp3) is 0.0714.